The predicted molar refractivity (Wildman–Crippen MR) is 63.9 cm³/mol. The predicted octanol–water partition coefficient (Wildman–Crippen LogP) is 1.52. The Labute approximate surface area is 101 Å². The van der Waals surface area contributed by atoms with Crippen molar-refractivity contribution in [3.05, 3.63) is 29.8 Å². The summed E-state index contributed by atoms with van der Waals surface area (Å²) in [5.74, 6) is -2.34. The third kappa shape index (κ3) is 1.60. The molecule has 6 nitrogen and oxygen atoms in total. The molecule has 18 heavy (non-hydrogen) atoms. The summed E-state index contributed by atoms with van der Waals surface area (Å²) in [6, 6.07) is 6.19. The Balaban J connectivity index is 2.95. The zero-order valence-electron chi connectivity index (χ0n) is 9.04. The van der Waals surface area contributed by atoms with E-state index in [1.807, 2.05) is 0 Å². The van der Waals surface area contributed by atoms with E-state index in [1.54, 1.807) is 12.1 Å². The summed E-state index contributed by atoms with van der Waals surface area (Å²) >= 11 is 0. The first kappa shape index (κ1) is 11.7. The average molecular weight is 247 g/mol. The zero-order chi connectivity index (χ0) is 13.3. The van der Waals surface area contributed by atoms with Gasteiger partial charge in [-0.3, -0.25) is 4.79 Å². The molecule has 0 spiro atoms. The number of amides is 1. The number of aromatic hydroxyl groups is 2. The topological polar surface area (TPSA) is 107 Å². The number of phenols is 2. The lowest BCUT2D eigenvalue weighted by atomic mass is 10.0. The lowest BCUT2D eigenvalue weighted by Gasteiger charge is -2.12. The van der Waals surface area contributed by atoms with Gasteiger partial charge in [-0.05, 0) is 0 Å². The standard InChI is InChI=1S/C12H9NO5/c14-5-13-9-8(12(17)18)10(15)6-3-1-2-4-7(6)11(9)16/h1-5,15-16H,(H,13,14)(H,17,18). The number of carboxylic acids is 1. The molecular weight excluding hydrogens is 238 g/mol. The number of hydrogen-bond donors (Lipinski definition) is 4. The minimum atomic E-state index is -1.45. The highest BCUT2D eigenvalue weighted by Gasteiger charge is 2.23. The number of anilines is 1. The second-order valence-electron chi connectivity index (χ2n) is 3.56. The van der Waals surface area contributed by atoms with Crippen LogP contribution in [0.25, 0.3) is 10.8 Å². The van der Waals surface area contributed by atoms with Crippen molar-refractivity contribution in [1.29, 1.82) is 0 Å². The number of benzene rings is 2. The van der Waals surface area contributed by atoms with Gasteiger partial charge in [0.1, 0.15) is 22.7 Å². The lowest BCUT2D eigenvalue weighted by molar-refractivity contribution is -0.105. The van der Waals surface area contributed by atoms with E-state index in [9.17, 15) is 19.8 Å². The molecule has 0 heterocycles. The Morgan fingerprint density at radius 1 is 1.11 bits per heavy atom. The third-order valence-corrected chi connectivity index (χ3v) is 2.58. The third-order valence-electron chi connectivity index (χ3n) is 2.58. The van der Waals surface area contributed by atoms with Crippen molar-refractivity contribution in [1.82, 2.24) is 0 Å². The first-order valence-electron chi connectivity index (χ1n) is 4.98. The summed E-state index contributed by atoms with van der Waals surface area (Å²) in [6.07, 6.45) is 0.232. The van der Waals surface area contributed by atoms with E-state index in [4.69, 9.17) is 5.11 Å². The van der Waals surface area contributed by atoms with Crippen LogP contribution in [0.15, 0.2) is 24.3 Å². The maximum Gasteiger partial charge on any atom is 0.341 e. The van der Waals surface area contributed by atoms with Crippen LogP contribution in [0.2, 0.25) is 0 Å². The number of nitrogens with one attached hydrogen (secondary N) is 1. The highest BCUT2D eigenvalue weighted by atomic mass is 16.4. The fourth-order valence-electron chi connectivity index (χ4n) is 1.81. The number of fused-ring (bicyclic) bond motifs is 1. The number of carbonyl (C=O) groups is 2. The monoisotopic (exact) mass is 247 g/mol. The van der Waals surface area contributed by atoms with Crippen LogP contribution in [0.3, 0.4) is 0 Å². The highest BCUT2D eigenvalue weighted by Crippen LogP contribution is 2.42. The number of carboxylic acid groups (broad SMARTS) is 1. The summed E-state index contributed by atoms with van der Waals surface area (Å²) in [7, 11) is 0. The highest BCUT2D eigenvalue weighted by molar-refractivity contribution is 6.11. The van der Waals surface area contributed by atoms with Crippen molar-refractivity contribution < 1.29 is 24.9 Å². The number of aromatic carboxylic acids is 1. The van der Waals surface area contributed by atoms with Gasteiger partial charge in [0.05, 0.1) is 0 Å². The normalized spacial score (nSPS) is 10.2. The molecule has 2 aromatic rings. The van der Waals surface area contributed by atoms with Crippen LogP contribution < -0.4 is 5.32 Å². The molecule has 2 rings (SSSR count). The molecule has 0 aromatic heterocycles. The molecule has 0 bridgehead atoms. The van der Waals surface area contributed by atoms with E-state index in [1.165, 1.54) is 12.1 Å². The van der Waals surface area contributed by atoms with Crippen LogP contribution in [-0.2, 0) is 4.79 Å². The molecule has 0 aliphatic carbocycles. The molecule has 1 amide bonds. The van der Waals surface area contributed by atoms with Gasteiger partial charge in [0.25, 0.3) is 0 Å². The van der Waals surface area contributed by atoms with Crippen molar-refractivity contribution in [2.75, 3.05) is 5.32 Å². The summed E-state index contributed by atoms with van der Waals surface area (Å²) < 4.78 is 0. The Kier molecular flexibility index (Phi) is 2.77. The van der Waals surface area contributed by atoms with Gasteiger partial charge >= 0.3 is 5.97 Å². The fraction of sp³-hybridized carbons (Fsp3) is 0. The molecule has 0 fully saturated rings. The SMILES string of the molecule is O=CNc1c(C(=O)O)c(O)c2ccccc2c1O. The van der Waals surface area contributed by atoms with Gasteiger partial charge in [-0.2, -0.15) is 0 Å². The number of rotatable bonds is 3. The van der Waals surface area contributed by atoms with E-state index >= 15 is 0 Å². The Morgan fingerprint density at radius 2 is 1.67 bits per heavy atom. The summed E-state index contributed by atoms with van der Waals surface area (Å²) in [5, 5.41) is 31.4. The fourth-order valence-corrected chi connectivity index (χ4v) is 1.81. The smallest absolute Gasteiger partial charge is 0.341 e. The number of phenolic OH excluding ortho intramolecular Hbond substituents is 1. The van der Waals surface area contributed by atoms with Crippen LogP contribution >= 0.6 is 0 Å². The van der Waals surface area contributed by atoms with Crippen LogP contribution in [0, 0.1) is 0 Å². The van der Waals surface area contributed by atoms with Gasteiger partial charge in [-0.25, -0.2) is 4.79 Å². The van der Waals surface area contributed by atoms with Gasteiger partial charge in [-0.1, -0.05) is 24.3 Å². The molecule has 4 N–H and O–H groups in total. The van der Waals surface area contributed by atoms with Crippen molar-refractivity contribution in [2.45, 2.75) is 0 Å². The second-order valence-corrected chi connectivity index (χ2v) is 3.56. The van der Waals surface area contributed by atoms with Crippen molar-refractivity contribution in [3.8, 4) is 11.5 Å². The van der Waals surface area contributed by atoms with Gasteiger partial charge in [0, 0.05) is 10.8 Å². The molecule has 92 valence electrons. The van der Waals surface area contributed by atoms with Gasteiger partial charge in [-0.15, -0.1) is 0 Å². The molecule has 0 aliphatic rings. The maximum atomic E-state index is 11.1. The molecule has 6 heteroatoms. The van der Waals surface area contributed by atoms with E-state index in [2.05, 4.69) is 5.32 Å². The summed E-state index contributed by atoms with van der Waals surface area (Å²) in [4.78, 5) is 21.5. The van der Waals surface area contributed by atoms with Gasteiger partial charge in [0.2, 0.25) is 6.41 Å². The molecule has 0 saturated heterocycles. The molecule has 2 aromatic carbocycles. The van der Waals surface area contributed by atoms with Gasteiger partial charge in [0.15, 0.2) is 0 Å². The molecule has 0 atom stereocenters. The van der Waals surface area contributed by atoms with E-state index in [0.717, 1.165) is 0 Å². The Morgan fingerprint density at radius 3 is 2.17 bits per heavy atom. The van der Waals surface area contributed by atoms with Crippen LogP contribution in [0.5, 0.6) is 11.5 Å². The molecule has 0 radical (unpaired) electrons. The maximum absolute atomic E-state index is 11.1. The van der Waals surface area contributed by atoms with Crippen LogP contribution in [-0.4, -0.2) is 27.7 Å². The zero-order valence-corrected chi connectivity index (χ0v) is 9.04. The van der Waals surface area contributed by atoms with E-state index in [-0.39, 0.29) is 22.9 Å². The molecule has 0 saturated carbocycles. The first-order valence-corrected chi connectivity index (χ1v) is 4.98. The lowest BCUT2D eigenvalue weighted by Crippen LogP contribution is -2.06. The summed E-state index contributed by atoms with van der Waals surface area (Å²) in [5.41, 5.74) is -0.869. The Hall–Kier alpha value is -2.76. The molecular formula is C12H9NO5. The van der Waals surface area contributed by atoms with E-state index < -0.39 is 23.0 Å². The first-order chi connectivity index (χ1) is 8.57. The average Bonchev–Trinajstić information content (AvgIpc) is 2.35. The number of hydrogen-bond acceptors (Lipinski definition) is 4. The Bertz CT molecular complexity index is 650. The van der Waals surface area contributed by atoms with Crippen molar-refractivity contribution >= 4 is 28.8 Å². The number of carbonyl (C=O) groups excluding carboxylic acids is 1. The van der Waals surface area contributed by atoms with Crippen molar-refractivity contribution in [3.63, 3.8) is 0 Å². The van der Waals surface area contributed by atoms with Gasteiger partial charge < -0.3 is 20.6 Å². The minimum absolute atomic E-state index is 0.198. The summed E-state index contributed by atoms with van der Waals surface area (Å²) in [6.45, 7) is 0. The van der Waals surface area contributed by atoms with Crippen LogP contribution in [0.1, 0.15) is 10.4 Å². The quantitative estimate of drug-likeness (QED) is 0.373. The largest absolute Gasteiger partial charge is 0.506 e. The molecule has 0 unspecified atom stereocenters. The van der Waals surface area contributed by atoms with Crippen LogP contribution in [0.4, 0.5) is 5.69 Å². The van der Waals surface area contributed by atoms with Crippen molar-refractivity contribution in [2.24, 2.45) is 0 Å². The van der Waals surface area contributed by atoms with E-state index in [0.29, 0.717) is 0 Å². The minimum Gasteiger partial charge on any atom is -0.506 e. The second kappa shape index (κ2) is 4.25. The molecule has 0 aliphatic heterocycles.